The fourth-order valence-corrected chi connectivity index (χ4v) is 4.34. The van der Waals surface area contributed by atoms with Gasteiger partial charge in [0.1, 0.15) is 0 Å². The van der Waals surface area contributed by atoms with Crippen LogP contribution in [0.25, 0.3) is 0 Å². The molecule has 5 heteroatoms. The molecule has 0 aliphatic rings. The molecule has 0 bridgehead atoms. The van der Waals surface area contributed by atoms with Crippen molar-refractivity contribution in [2.45, 2.75) is 66.3 Å². The smallest absolute Gasteiger partial charge is 0.214 e. The summed E-state index contributed by atoms with van der Waals surface area (Å²) in [5, 5.41) is 0. The van der Waals surface area contributed by atoms with Gasteiger partial charge in [-0.15, -0.1) is 0 Å². The molecule has 116 valence electrons. The molecule has 0 radical (unpaired) electrons. The van der Waals surface area contributed by atoms with Crippen LogP contribution < -0.4 is 5.73 Å². The minimum Gasteiger partial charge on any atom is -0.329 e. The van der Waals surface area contributed by atoms with E-state index in [1.807, 2.05) is 20.8 Å². The van der Waals surface area contributed by atoms with Crippen molar-refractivity contribution < 1.29 is 8.42 Å². The van der Waals surface area contributed by atoms with Crippen LogP contribution in [0.4, 0.5) is 0 Å². The number of rotatable bonds is 8. The molecule has 0 saturated carbocycles. The zero-order valence-corrected chi connectivity index (χ0v) is 14.3. The highest BCUT2D eigenvalue weighted by atomic mass is 32.2. The van der Waals surface area contributed by atoms with Crippen LogP contribution in [0.1, 0.15) is 60.8 Å². The van der Waals surface area contributed by atoms with Gasteiger partial charge in [0.2, 0.25) is 10.0 Å². The molecule has 0 rings (SSSR count). The molecule has 2 N–H and O–H groups in total. The van der Waals surface area contributed by atoms with Gasteiger partial charge in [-0.05, 0) is 31.6 Å². The summed E-state index contributed by atoms with van der Waals surface area (Å²) in [5.41, 5.74) is 5.38. The number of nitrogens with two attached hydrogens (primary N) is 1. The molecule has 1 unspecified atom stereocenters. The van der Waals surface area contributed by atoms with Gasteiger partial charge in [0.05, 0.1) is 5.75 Å². The Kier molecular flexibility index (Phi) is 7.00. The highest BCUT2D eigenvalue weighted by Crippen LogP contribution is 2.26. The molecule has 0 aliphatic heterocycles. The van der Waals surface area contributed by atoms with E-state index in [-0.39, 0.29) is 11.2 Å². The van der Waals surface area contributed by atoms with E-state index in [0.29, 0.717) is 19.5 Å². The summed E-state index contributed by atoms with van der Waals surface area (Å²) < 4.78 is 26.8. The molecule has 0 aliphatic carbocycles. The summed E-state index contributed by atoms with van der Waals surface area (Å²) in [6.45, 7) is 13.0. The van der Waals surface area contributed by atoms with Gasteiger partial charge < -0.3 is 5.73 Å². The first-order valence-electron chi connectivity index (χ1n) is 7.23. The number of sulfonamides is 1. The van der Waals surface area contributed by atoms with Crippen LogP contribution in [0.2, 0.25) is 0 Å². The Hall–Kier alpha value is -0.130. The van der Waals surface area contributed by atoms with Crippen molar-refractivity contribution in [1.82, 2.24) is 4.31 Å². The van der Waals surface area contributed by atoms with Crippen molar-refractivity contribution in [3.63, 3.8) is 0 Å². The molecule has 1 atom stereocenters. The molecule has 0 spiro atoms. The lowest BCUT2D eigenvalue weighted by Crippen LogP contribution is -2.54. The van der Waals surface area contributed by atoms with Crippen LogP contribution in [0.5, 0.6) is 0 Å². The first-order valence-corrected chi connectivity index (χ1v) is 8.84. The molecule has 0 fully saturated rings. The van der Waals surface area contributed by atoms with Gasteiger partial charge >= 0.3 is 0 Å². The van der Waals surface area contributed by atoms with Gasteiger partial charge in [-0.25, -0.2) is 8.42 Å². The van der Waals surface area contributed by atoms with Crippen molar-refractivity contribution in [3.8, 4) is 0 Å². The minimum atomic E-state index is -3.25. The topological polar surface area (TPSA) is 63.4 Å². The number of hydrogen-bond acceptors (Lipinski definition) is 3. The molecule has 0 aromatic carbocycles. The third-order valence-corrected chi connectivity index (χ3v) is 5.69. The van der Waals surface area contributed by atoms with E-state index in [1.165, 1.54) is 0 Å². The molecule has 19 heavy (non-hydrogen) atoms. The fourth-order valence-electron chi connectivity index (χ4n) is 1.92. The van der Waals surface area contributed by atoms with E-state index >= 15 is 0 Å². The van der Waals surface area contributed by atoms with E-state index < -0.39 is 15.6 Å². The van der Waals surface area contributed by atoms with Crippen LogP contribution in [-0.4, -0.2) is 37.1 Å². The first-order chi connectivity index (χ1) is 8.52. The Morgan fingerprint density at radius 2 is 1.63 bits per heavy atom. The van der Waals surface area contributed by atoms with Gasteiger partial charge in [-0.1, -0.05) is 34.6 Å². The summed E-state index contributed by atoms with van der Waals surface area (Å²) in [6.07, 6.45) is 2.21. The van der Waals surface area contributed by atoms with Gasteiger partial charge in [0.25, 0.3) is 0 Å². The molecular weight excluding hydrogens is 260 g/mol. The Morgan fingerprint density at radius 3 is 1.95 bits per heavy atom. The molecule has 0 saturated heterocycles. The zero-order valence-electron chi connectivity index (χ0n) is 13.5. The lowest BCUT2D eigenvalue weighted by molar-refractivity contribution is 0.205. The number of hydrogen-bond donors (Lipinski definition) is 1. The lowest BCUT2D eigenvalue weighted by Gasteiger charge is -2.39. The highest BCUT2D eigenvalue weighted by molar-refractivity contribution is 7.89. The summed E-state index contributed by atoms with van der Waals surface area (Å²) in [6, 6.07) is 0. The summed E-state index contributed by atoms with van der Waals surface area (Å²) in [4.78, 5) is 0. The second-order valence-corrected chi connectivity index (χ2v) is 8.77. The Balaban J connectivity index is 5.16. The van der Waals surface area contributed by atoms with E-state index in [1.54, 1.807) is 4.31 Å². The van der Waals surface area contributed by atoms with Crippen molar-refractivity contribution in [1.29, 1.82) is 0 Å². The lowest BCUT2D eigenvalue weighted by atomic mass is 9.94. The second-order valence-electron chi connectivity index (χ2n) is 6.75. The Morgan fingerprint density at radius 1 is 1.11 bits per heavy atom. The van der Waals surface area contributed by atoms with Gasteiger partial charge in [-0.3, -0.25) is 0 Å². The molecule has 4 nitrogen and oxygen atoms in total. The minimum absolute atomic E-state index is 0.0241. The van der Waals surface area contributed by atoms with E-state index in [9.17, 15) is 8.42 Å². The maximum atomic E-state index is 12.6. The first kappa shape index (κ1) is 18.9. The fraction of sp³-hybridized carbons (Fsp3) is 1.00. The molecule has 0 heterocycles. The van der Waals surface area contributed by atoms with Crippen LogP contribution in [0.3, 0.4) is 0 Å². The van der Waals surface area contributed by atoms with Crippen LogP contribution >= 0.6 is 0 Å². The average molecular weight is 292 g/mol. The van der Waals surface area contributed by atoms with E-state index in [4.69, 9.17) is 5.73 Å². The van der Waals surface area contributed by atoms with Crippen molar-refractivity contribution in [2.75, 3.05) is 18.8 Å². The normalized spacial score (nSPS) is 16.6. The van der Waals surface area contributed by atoms with Crippen molar-refractivity contribution in [3.05, 3.63) is 0 Å². The second kappa shape index (κ2) is 7.04. The van der Waals surface area contributed by atoms with Crippen LogP contribution in [-0.2, 0) is 10.0 Å². The summed E-state index contributed by atoms with van der Waals surface area (Å²) >= 11 is 0. The molecule has 0 aromatic heterocycles. The largest absolute Gasteiger partial charge is 0.329 e. The summed E-state index contributed by atoms with van der Waals surface area (Å²) in [5.74, 6) is 0.200. The van der Waals surface area contributed by atoms with Gasteiger partial charge in [-0.2, -0.15) is 4.31 Å². The predicted molar refractivity (Wildman–Crippen MR) is 82.6 cm³/mol. The Bertz CT molecular complexity index is 354. The monoisotopic (exact) mass is 292 g/mol. The quantitative estimate of drug-likeness (QED) is 0.748. The van der Waals surface area contributed by atoms with Crippen molar-refractivity contribution in [2.24, 2.45) is 11.1 Å². The SMILES string of the molecule is CCCN(C(C)(CC)CN)S(=O)(=O)CCC(C)(C)C. The van der Waals surface area contributed by atoms with Crippen molar-refractivity contribution >= 4 is 10.0 Å². The van der Waals surface area contributed by atoms with Gasteiger partial charge in [0.15, 0.2) is 0 Å². The van der Waals surface area contributed by atoms with Gasteiger partial charge in [0, 0.05) is 18.6 Å². The third kappa shape index (κ3) is 5.79. The average Bonchev–Trinajstić information content (AvgIpc) is 2.32. The van der Waals surface area contributed by atoms with Crippen LogP contribution in [0.15, 0.2) is 0 Å². The summed E-state index contributed by atoms with van der Waals surface area (Å²) in [7, 11) is -3.25. The van der Waals surface area contributed by atoms with Crippen LogP contribution in [0, 0.1) is 5.41 Å². The highest BCUT2D eigenvalue weighted by Gasteiger charge is 2.37. The maximum Gasteiger partial charge on any atom is 0.214 e. The maximum absolute atomic E-state index is 12.6. The van der Waals surface area contributed by atoms with E-state index in [2.05, 4.69) is 20.8 Å². The Labute approximate surface area is 119 Å². The molecular formula is C14H32N2O2S. The molecule has 0 aromatic rings. The van der Waals surface area contributed by atoms with E-state index in [0.717, 1.165) is 12.8 Å². The standard InChI is InChI=1S/C14H32N2O2S/c1-7-10-16(14(6,8-2)12-15)19(17,18)11-9-13(3,4)5/h7-12,15H2,1-6H3. The third-order valence-electron chi connectivity index (χ3n) is 3.68. The zero-order chi connectivity index (χ0) is 15.3. The molecule has 0 amide bonds. The predicted octanol–water partition coefficient (Wildman–Crippen LogP) is 2.59. The number of nitrogens with zero attached hydrogens (tertiary/aromatic N) is 1.